The quantitative estimate of drug-likeness (QED) is 0.666. The van der Waals surface area contributed by atoms with E-state index in [1.54, 1.807) is 6.20 Å². The minimum Gasteiger partial charge on any atom is -0.236 e. The molecule has 2 aromatic rings. The molecule has 0 aromatic carbocycles. The minimum absolute atomic E-state index is 0.189. The van der Waals surface area contributed by atoms with E-state index in [-0.39, 0.29) is 5.16 Å². The lowest BCUT2D eigenvalue weighted by atomic mass is 10.2. The highest BCUT2D eigenvalue weighted by Crippen LogP contribution is 2.11. The van der Waals surface area contributed by atoms with Gasteiger partial charge in [-0.25, -0.2) is 18.4 Å². The Hall–Kier alpha value is -1.56. The Bertz CT molecular complexity index is 622. The van der Waals surface area contributed by atoms with Gasteiger partial charge in [0.25, 0.3) is 0 Å². The van der Waals surface area contributed by atoms with Gasteiger partial charge in [0, 0.05) is 24.0 Å². The van der Waals surface area contributed by atoms with Gasteiger partial charge < -0.3 is 0 Å². The number of pyridine rings is 1. The first kappa shape index (κ1) is 9.97. The molecular weight excluding hydrogens is 214 g/mol. The van der Waals surface area contributed by atoms with Crippen LogP contribution in [0.25, 0.3) is 11.0 Å². The molecule has 0 unspecified atom stereocenters. The second-order valence-electron chi connectivity index (χ2n) is 3.35. The molecule has 2 aromatic heterocycles. The molecule has 5 nitrogen and oxygen atoms in total. The van der Waals surface area contributed by atoms with Crippen LogP contribution in [-0.2, 0) is 9.84 Å². The maximum atomic E-state index is 11.2. The Labute approximate surface area is 87.1 Å². The Morgan fingerprint density at radius 3 is 2.60 bits per heavy atom. The number of hydrogen-bond donors (Lipinski definition) is 0. The van der Waals surface area contributed by atoms with Crippen molar-refractivity contribution >= 4 is 20.9 Å². The summed E-state index contributed by atoms with van der Waals surface area (Å²) in [5, 5.41) is 0.550. The summed E-state index contributed by atoms with van der Waals surface area (Å²) < 4.78 is 22.4. The number of sulfone groups is 1. The van der Waals surface area contributed by atoms with E-state index in [4.69, 9.17) is 0 Å². The fourth-order valence-corrected chi connectivity index (χ4v) is 1.69. The number of aryl methyl sites for hydroxylation is 1. The number of rotatable bonds is 1. The van der Waals surface area contributed by atoms with Crippen molar-refractivity contribution in [1.29, 1.82) is 0 Å². The monoisotopic (exact) mass is 223 g/mol. The third-order valence-electron chi connectivity index (χ3n) is 1.88. The van der Waals surface area contributed by atoms with Crippen molar-refractivity contribution in [3.05, 3.63) is 24.0 Å². The summed E-state index contributed by atoms with van der Waals surface area (Å²) in [6.45, 7) is 1.90. The highest BCUT2D eigenvalue weighted by Gasteiger charge is 2.11. The van der Waals surface area contributed by atoms with Crippen LogP contribution in [0.2, 0.25) is 0 Å². The average Bonchev–Trinajstić information content (AvgIpc) is 2.15. The molecule has 6 heteroatoms. The SMILES string of the molecule is Cc1cnc2nc(S(C)(=O)=O)ncc2c1. The lowest BCUT2D eigenvalue weighted by molar-refractivity contribution is 0.593. The van der Waals surface area contributed by atoms with Crippen molar-refractivity contribution in [1.82, 2.24) is 15.0 Å². The maximum Gasteiger partial charge on any atom is 0.248 e. The molecule has 0 radical (unpaired) electrons. The van der Waals surface area contributed by atoms with Crippen LogP contribution in [0.5, 0.6) is 0 Å². The van der Waals surface area contributed by atoms with Crippen molar-refractivity contribution < 1.29 is 8.42 Å². The Morgan fingerprint density at radius 1 is 1.20 bits per heavy atom. The van der Waals surface area contributed by atoms with E-state index in [0.717, 1.165) is 17.2 Å². The molecule has 0 aliphatic heterocycles. The number of aromatic nitrogens is 3. The van der Waals surface area contributed by atoms with Gasteiger partial charge >= 0.3 is 0 Å². The standard InChI is InChI=1S/C9H9N3O2S/c1-6-3-7-5-11-9(15(2,13)14)12-8(7)10-4-6/h3-5H,1-2H3. The molecule has 0 spiro atoms. The summed E-state index contributed by atoms with van der Waals surface area (Å²) in [4.78, 5) is 11.7. The second-order valence-corrected chi connectivity index (χ2v) is 5.26. The number of nitrogens with zero attached hydrogens (tertiary/aromatic N) is 3. The van der Waals surface area contributed by atoms with Crippen molar-refractivity contribution in [2.24, 2.45) is 0 Å². The van der Waals surface area contributed by atoms with Crippen LogP contribution in [0.4, 0.5) is 0 Å². The molecule has 0 N–H and O–H groups in total. The Morgan fingerprint density at radius 2 is 1.93 bits per heavy atom. The first-order valence-corrected chi connectivity index (χ1v) is 6.15. The highest BCUT2D eigenvalue weighted by atomic mass is 32.2. The van der Waals surface area contributed by atoms with Gasteiger partial charge in [-0.05, 0) is 18.6 Å². The molecule has 15 heavy (non-hydrogen) atoms. The molecule has 0 aliphatic carbocycles. The summed E-state index contributed by atoms with van der Waals surface area (Å²) in [6, 6.07) is 1.86. The van der Waals surface area contributed by atoms with Gasteiger partial charge in [0.1, 0.15) is 0 Å². The maximum absolute atomic E-state index is 11.2. The molecule has 0 amide bonds. The number of fused-ring (bicyclic) bond motifs is 1. The second kappa shape index (κ2) is 3.23. The fraction of sp³-hybridized carbons (Fsp3) is 0.222. The van der Waals surface area contributed by atoms with Gasteiger partial charge in [0.05, 0.1) is 0 Å². The van der Waals surface area contributed by atoms with Crippen molar-refractivity contribution in [2.45, 2.75) is 12.1 Å². The van der Waals surface area contributed by atoms with Crippen molar-refractivity contribution in [3.63, 3.8) is 0 Å². The predicted molar refractivity (Wildman–Crippen MR) is 55.2 cm³/mol. The van der Waals surface area contributed by atoms with Crippen LogP contribution in [0, 0.1) is 6.92 Å². The fourth-order valence-electron chi connectivity index (χ4n) is 1.20. The molecule has 0 atom stereocenters. The van der Waals surface area contributed by atoms with Crippen LogP contribution in [0.15, 0.2) is 23.6 Å². The molecule has 0 saturated heterocycles. The Balaban J connectivity index is 2.73. The van der Waals surface area contributed by atoms with E-state index in [9.17, 15) is 8.42 Å². The van der Waals surface area contributed by atoms with Crippen LogP contribution < -0.4 is 0 Å². The van der Waals surface area contributed by atoms with E-state index >= 15 is 0 Å². The van der Waals surface area contributed by atoms with E-state index in [1.165, 1.54) is 6.20 Å². The van der Waals surface area contributed by atoms with Gasteiger partial charge in [-0.3, -0.25) is 0 Å². The third-order valence-corrected chi connectivity index (χ3v) is 2.74. The minimum atomic E-state index is -3.37. The van der Waals surface area contributed by atoms with Crippen LogP contribution in [0.3, 0.4) is 0 Å². The summed E-state index contributed by atoms with van der Waals surface area (Å²) in [5.74, 6) is 0. The largest absolute Gasteiger partial charge is 0.248 e. The first-order chi connectivity index (χ1) is 6.97. The van der Waals surface area contributed by atoms with E-state index < -0.39 is 9.84 Å². The molecule has 0 aliphatic rings. The zero-order chi connectivity index (χ0) is 11.1. The van der Waals surface area contributed by atoms with E-state index in [2.05, 4.69) is 15.0 Å². The smallest absolute Gasteiger partial charge is 0.236 e. The molecule has 0 saturated carbocycles. The zero-order valence-corrected chi connectivity index (χ0v) is 9.11. The highest BCUT2D eigenvalue weighted by molar-refractivity contribution is 7.90. The van der Waals surface area contributed by atoms with Gasteiger partial charge in [-0.1, -0.05) is 0 Å². The van der Waals surface area contributed by atoms with Gasteiger partial charge in [-0.2, -0.15) is 4.98 Å². The van der Waals surface area contributed by atoms with Crippen LogP contribution in [0.1, 0.15) is 5.56 Å². The van der Waals surface area contributed by atoms with Crippen molar-refractivity contribution in [2.75, 3.05) is 6.26 Å². The van der Waals surface area contributed by atoms with Crippen LogP contribution >= 0.6 is 0 Å². The average molecular weight is 223 g/mol. The van der Waals surface area contributed by atoms with E-state index in [1.807, 2.05) is 13.0 Å². The summed E-state index contributed by atoms with van der Waals surface area (Å²) in [7, 11) is -3.37. The normalized spacial score (nSPS) is 11.9. The number of hydrogen-bond acceptors (Lipinski definition) is 5. The van der Waals surface area contributed by atoms with Gasteiger partial charge in [0.2, 0.25) is 15.0 Å². The van der Waals surface area contributed by atoms with E-state index in [0.29, 0.717) is 5.65 Å². The summed E-state index contributed by atoms with van der Waals surface area (Å²) >= 11 is 0. The lowest BCUT2D eigenvalue weighted by Gasteiger charge is -1.99. The first-order valence-electron chi connectivity index (χ1n) is 4.26. The van der Waals surface area contributed by atoms with Gasteiger partial charge in [-0.15, -0.1) is 0 Å². The summed E-state index contributed by atoms with van der Waals surface area (Å²) in [6.07, 6.45) is 4.18. The third kappa shape index (κ3) is 1.94. The molecule has 0 bridgehead atoms. The van der Waals surface area contributed by atoms with Crippen molar-refractivity contribution in [3.8, 4) is 0 Å². The van der Waals surface area contributed by atoms with Gasteiger partial charge in [0.15, 0.2) is 5.65 Å². The molecular formula is C9H9N3O2S. The molecule has 2 rings (SSSR count). The summed E-state index contributed by atoms with van der Waals surface area (Å²) in [5.41, 5.74) is 1.38. The van der Waals surface area contributed by atoms with Crippen LogP contribution in [-0.4, -0.2) is 29.6 Å². The zero-order valence-electron chi connectivity index (χ0n) is 8.30. The lowest BCUT2D eigenvalue weighted by Crippen LogP contribution is -2.04. The molecule has 78 valence electrons. The predicted octanol–water partition coefficient (Wildman–Crippen LogP) is 0.737. The topological polar surface area (TPSA) is 72.8 Å². The molecule has 2 heterocycles. The molecule has 0 fully saturated rings. The Kier molecular flexibility index (Phi) is 2.15.